The summed E-state index contributed by atoms with van der Waals surface area (Å²) in [7, 11) is -49.2. The van der Waals surface area contributed by atoms with Gasteiger partial charge in [-0.1, -0.05) is 0 Å². The van der Waals surface area contributed by atoms with Crippen LogP contribution in [-0.4, -0.2) is 175 Å². The van der Waals surface area contributed by atoms with E-state index in [9.17, 15) is 4.20 Å². The fourth-order valence-corrected chi connectivity index (χ4v) is 0. The molecular formula is H10F2O40S10U2. The van der Waals surface area contributed by atoms with Gasteiger partial charge in [-0.25, -0.2) is 0 Å². The Hall–Kier alpha value is 0.664. The van der Waals surface area contributed by atoms with Gasteiger partial charge in [0.15, 0.2) is 0 Å². The molecule has 0 unspecified atom stereocenters. The van der Waals surface area contributed by atoms with E-state index in [4.69, 9.17) is 175 Å². The van der Waals surface area contributed by atoms with Gasteiger partial charge in [0.25, 0.3) is 0 Å². The molecule has 0 saturated carbocycles. The standard InChI is InChI=1S/2FH.10H2O4S.2U/c;;10*1-5(2,3)4;;/h2*1H;10*(H2,1,2,3,4);;/q;;;;;;;;;;;;2*+6/p-12. The second kappa shape index (κ2) is 40.4. The fraction of sp³-hybridized carbons (Fsp3) is 0. The summed E-state index contributed by atoms with van der Waals surface area (Å²) in [5.41, 5.74) is 0. The molecule has 0 aliphatic heterocycles. The van der Waals surface area contributed by atoms with Gasteiger partial charge >= 0.3 is 116 Å². The van der Waals surface area contributed by atoms with E-state index < -0.39 is 104 Å². The molecule has 0 aliphatic rings. The van der Waals surface area contributed by atoms with E-state index in [-0.39, 0.29) is 60.2 Å². The van der Waals surface area contributed by atoms with Gasteiger partial charge in [-0.15, -0.1) is 0 Å². The molecule has 0 aromatic carbocycles. The predicted molar refractivity (Wildman–Crippen MR) is 125 cm³/mol. The zero-order valence-electron chi connectivity index (χ0n) is 22.6. The Morgan fingerprint density at radius 1 is 0.222 bits per heavy atom. The summed E-state index contributed by atoms with van der Waals surface area (Å²) in [6.07, 6.45) is 0. The van der Waals surface area contributed by atoms with Gasteiger partial charge in [-0.3, -0.25) is 87.6 Å². The second-order valence-corrected chi connectivity index (χ2v) is 12.8. The Morgan fingerprint density at radius 3 is 0.222 bits per heavy atom. The van der Waals surface area contributed by atoms with Crippen molar-refractivity contribution < 1.29 is 240 Å². The molecule has 0 aliphatic carbocycles. The summed E-state index contributed by atoms with van der Waals surface area (Å²) in [4.78, 5) is 0. The first-order valence-electron chi connectivity index (χ1n) is 7.20. The SMILES string of the molecule is O=S(=O)(O)O.O=S(=O)(O)O.O=S(=O)(O)O.O=S(=O)(O)O.O=S(=O)(O)O.O=S(=O)([O-])[O-].O=S(=O)([O-])[O-].O=S(=O)([O-])[O-].O=S(=O)([O-])[O-].O=S(=O)([O-])[O-].[F][U+5].[F][U+5]. The van der Waals surface area contributed by atoms with Crippen LogP contribution in [0.2, 0.25) is 0 Å². The van der Waals surface area contributed by atoms with E-state index >= 15 is 0 Å². The first-order chi connectivity index (χ1) is 22.0. The first-order valence-corrected chi connectivity index (χ1v) is 24.0. The molecule has 0 aromatic rings. The Balaban J connectivity index is -0.0000000359. The number of hydrogen-bond donors (Lipinski definition) is 10. The van der Waals surface area contributed by atoms with Crippen LogP contribution in [0.3, 0.4) is 0 Å². The summed E-state index contributed by atoms with van der Waals surface area (Å²) >= 11 is -0.684. The van der Waals surface area contributed by atoms with Crippen molar-refractivity contribution in [3.05, 3.63) is 0 Å². The minimum absolute atomic E-state index is 0.342. The van der Waals surface area contributed by atoms with Gasteiger partial charge in [0, 0.05) is 52.0 Å². The van der Waals surface area contributed by atoms with E-state index in [1.807, 2.05) is 0 Å². The number of hydrogen-bond acceptors (Lipinski definition) is 30. The van der Waals surface area contributed by atoms with Gasteiger partial charge in [-0.2, -0.15) is 42.1 Å². The molecule has 0 radical (unpaired) electrons. The molecule has 0 bridgehead atoms. The third kappa shape index (κ3) is 319000. The van der Waals surface area contributed by atoms with E-state index in [2.05, 4.69) is 0 Å². The maximum absolute atomic E-state index is 9.67. The normalized spacial score (nSPS) is 11.0. The average Bonchev–Trinajstić information content (AvgIpc) is 2.56. The quantitative estimate of drug-likeness (QED) is 0.0795. The van der Waals surface area contributed by atoms with Crippen molar-refractivity contribution in [1.29, 1.82) is 0 Å². The van der Waals surface area contributed by atoms with Crippen molar-refractivity contribution in [2.45, 2.75) is 0 Å². The topological polar surface area (TPSA) is 774 Å². The molecule has 40 nitrogen and oxygen atoms in total. The van der Waals surface area contributed by atoms with Crippen LogP contribution in [0, 0.1) is 60.2 Å². The number of rotatable bonds is 0. The van der Waals surface area contributed by atoms with Crippen molar-refractivity contribution in [3.8, 4) is 0 Å². The van der Waals surface area contributed by atoms with E-state index in [0.29, 0.717) is 0 Å². The molecular weight excluding hydrogens is 1470 g/mol. The third-order valence-corrected chi connectivity index (χ3v) is 0. The Bertz CT molecular complexity index is 1390. The van der Waals surface area contributed by atoms with Gasteiger partial charge in [0.05, 0.1) is 0 Å². The molecule has 332 valence electrons. The molecule has 0 aromatic heterocycles. The molecule has 54 heteroatoms. The summed E-state index contributed by atoms with van der Waals surface area (Å²) in [6.45, 7) is 0. The van der Waals surface area contributed by atoms with Crippen LogP contribution < -0.4 is 0 Å². The van der Waals surface area contributed by atoms with Crippen molar-refractivity contribution in [2.75, 3.05) is 0 Å². The molecule has 0 heterocycles. The van der Waals surface area contributed by atoms with Crippen LogP contribution in [0.25, 0.3) is 0 Å². The van der Waals surface area contributed by atoms with Gasteiger partial charge in [-0.05, 0) is 0 Å². The maximum atomic E-state index is 9.67. The Morgan fingerprint density at radius 2 is 0.222 bits per heavy atom. The summed E-state index contributed by atoms with van der Waals surface area (Å²) < 4.78 is 348. The predicted octanol–water partition coefficient (Wildman–Crippen LogP) is -9.11. The molecule has 0 fully saturated rings. The summed E-state index contributed by atoms with van der Waals surface area (Å²) in [6, 6.07) is 0. The van der Waals surface area contributed by atoms with Crippen LogP contribution in [-0.2, 0) is 104 Å². The molecule has 0 rings (SSSR count). The van der Waals surface area contributed by atoms with E-state index in [1.54, 1.807) is 0 Å². The molecule has 0 saturated heterocycles. The molecule has 0 amide bonds. The van der Waals surface area contributed by atoms with Gasteiger partial charge < -0.3 is 45.5 Å². The van der Waals surface area contributed by atoms with Gasteiger partial charge in [0.1, 0.15) is 0 Å². The second-order valence-electron chi connectivity index (χ2n) is 4.28. The molecule has 0 spiro atoms. The van der Waals surface area contributed by atoms with Crippen molar-refractivity contribution in [2.24, 2.45) is 0 Å². The van der Waals surface area contributed by atoms with E-state index in [1.165, 1.54) is 0 Å². The zero-order chi connectivity index (χ0) is 49.0. The summed E-state index contributed by atoms with van der Waals surface area (Å²) in [5.74, 6) is 0. The fourth-order valence-electron chi connectivity index (χ4n) is 0. The average molecular weight is 1480 g/mol. The third-order valence-electron chi connectivity index (χ3n) is 0. The molecule has 10 N–H and O–H groups in total. The molecule has 0 atom stereocenters. The van der Waals surface area contributed by atoms with Crippen LogP contribution in [0.4, 0.5) is 4.20 Å². The van der Waals surface area contributed by atoms with E-state index in [0.717, 1.165) is 0 Å². The Labute approximate surface area is 340 Å². The number of halogens is 2. The zero-order valence-corrected chi connectivity index (χ0v) is 39.1. The van der Waals surface area contributed by atoms with Crippen molar-refractivity contribution >= 4 is 104 Å². The van der Waals surface area contributed by atoms with Crippen LogP contribution in [0.15, 0.2) is 0 Å². The van der Waals surface area contributed by atoms with Crippen LogP contribution in [0.1, 0.15) is 0 Å². The molecule has 54 heavy (non-hydrogen) atoms. The van der Waals surface area contributed by atoms with Crippen molar-refractivity contribution in [3.63, 3.8) is 0 Å². The monoisotopic (exact) mass is 1480 g/mol. The first kappa shape index (κ1) is 86.5. The van der Waals surface area contributed by atoms with Gasteiger partial charge in [0.2, 0.25) is 0 Å². The van der Waals surface area contributed by atoms with Crippen molar-refractivity contribution in [1.82, 2.24) is 0 Å². The van der Waals surface area contributed by atoms with Crippen LogP contribution in [0.5, 0.6) is 0 Å². The minimum atomic E-state index is -5.17. The Kier molecular flexibility index (Phi) is 64.8. The summed E-state index contributed by atoms with van der Waals surface area (Å²) in [5, 5.41) is 0. The van der Waals surface area contributed by atoms with Crippen LogP contribution >= 0.6 is 0 Å².